The zero-order valence-electron chi connectivity index (χ0n) is 10.4. The Hall–Kier alpha value is -1.42. The Balaban J connectivity index is 2.30. The van der Waals surface area contributed by atoms with Crippen LogP contribution in [-0.2, 0) is 0 Å². The molecule has 2 N–H and O–H groups in total. The molecule has 0 aliphatic heterocycles. The van der Waals surface area contributed by atoms with Crippen LogP contribution in [0.25, 0.3) is 0 Å². The molecule has 0 atom stereocenters. The van der Waals surface area contributed by atoms with Crippen LogP contribution >= 0.6 is 34.8 Å². The molecule has 3 nitrogen and oxygen atoms in total. The Morgan fingerprint density at radius 2 is 1.80 bits per heavy atom. The van der Waals surface area contributed by atoms with E-state index in [2.05, 4.69) is 5.32 Å². The van der Waals surface area contributed by atoms with Gasteiger partial charge in [-0.2, -0.15) is 0 Å². The molecular formula is C14H10Cl3NO2. The molecule has 0 aromatic heterocycles. The molecule has 104 valence electrons. The Bertz CT molecular complexity index is 686. The van der Waals surface area contributed by atoms with Crippen molar-refractivity contribution in [2.24, 2.45) is 0 Å². The largest absolute Gasteiger partial charge is 0.504 e. The summed E-state index contributed by atoms with van der Waals surface area (Å²) in [5.74, 6) is -0.617. The van der Waals surface area contributed by atoms with Gasteiger partial charge in [0, 0.05) is 15.6 Å². The standard InChI is InChI=1S/C14H10Cl3NO2/c1-7-4-8(2-3-10(7)16)14(20)18-12-6-9(15)5-11(17)13(12)19/h2-6,19H,1H3,(H,18,20). The molecule has 2 aromatic carbocycles. The van der Waals surface area contributed by atoms with Crippen molar-refractivity contribution in [1.82, 2.24) is 0 Å². The minimum Gasteiger partial charge on any atom is -0.504 e. The topological polar surface area (TPSA) is 49.3 Å². The summed E-state index contributed by atoms with van der Waals surface area (Å²) in [4.78, 5) is 12.1. The molecule has 1 amide bonds. The predicted molar refractivity (Wildman–Crippen MR) is 82.3 cm³/mol. The maximum Gasteiger partial charge on any atom is 0.255 e. The Morgan fingerprint density at radius 3 is 2.45 bits per heavy atom. The van der Waals surface area contributed by atoms with Gasteiger partial charge in [-0.1, -0.05) is 34.8 Å². The molecule has 0 aliphatic rings. The highest BCUT2D eigenvalue weighted by atomic mass is 35.5. The molecule has 20 heavy (non-hydrogen) atoms. The van der Waals surface area contributed by atoms with Crippen LogP contribution in [0.1, 0.15) is 15.9 Å². The maximum atomic E-state index is 12.1. The van der Waals surface area contributed by atoms with Gasteiger partial charge in [-0.05, 0) is 42.8 Å². The van der Waals surface area contributed by atoms with E-state index < -0.39 is 5.91 Å². The first kappa shape index (κ1) is 15.0. The molecule has 0 bridgehead atoms. The minimum absolute atomic E-state index is 0.0695. The lowest BCUT2D eigenvalue weighted by molar-refractivity contribution is 0.102. The number of benzene rings is 2. The van der Waals surface area contributed by atoms with E-state index in [1.165, 1.54) is 12.1 Å². The number of hydrogen-bond donors (Lipinski definition) is 2. The summed E-state index contributed by atoms with van der Waals surface area (Å²) in [6.07, 6.45) is 0. The summed E-state index contributed by atoms with van der Waals surface area (Å²) in [5, 5.41) is 13.3. The van der Waals surface area contributed by atoms with Crippen LogP contribution in [0, 0.1) is 6.92 Å². The number of rotatable bonds is 2. The van der Waals surface area contributed by atoms with Gasteiger partial charge in [0.15, 0.2) is 5.75 Å². The van der Waals surface area contributed by atoms with E-state index in [1.54, 1.807) is 25.1 Å². The van der Waals surface area contributed by atoms with E-state index >= 15 is 0 Å². The van der Waals surface area contributed by atoms with Gasteiger partial charge in [0.25, 0.3) is 5.91 Å². The lowest BCUT2D eigenvalue weighted by Crippen LogP contribution is -2.12. The fraction of sp³-hybridized carbons (Fsp3) is 0.0714. The zero-order chi connectivity index (χ0) is 14.9. The molecule has 0 radical (unpaired) electrons. The first-order valence-corrected chi connectivity index (χ1v) is 6.77. The third-order valence-corrected chi connectivity index (χ3v) is 3.63. The summed E-state index contributed by atoms with van der Waals surface area (Å²) in [5.41, 5.74) is 1.36. The van der Waals surface area contributed by atoms with Crippen molar-refractivity contribution >= 4 is 46.4 Å². The third kappa shape index (κ3) is 3.18. The van der Waals surface area contributed by atoms with Gasteiger partial charge in [0.05, 0.1) is 10.7 Å². The fourth-order valence-corrected chi connectivity index (χ4v) is 2.25. The number of halogens is 3. The smallest absolute Gasteiger partial charge is 0.255 e. The Kier molecular flexibility index (Phi) is 4.43. The van der Waals surface area contributed by atoms with Crippen molar-refractivity contribution in [3.05, 3.63) is 56.5 Å². The monoisotopic (exact) mass is 329 g/mol. The number of aromatic hydroxyl groups is 1. The van der Waals surface area contributed by atoms with Gasteiger partial charge in [-0.15, -0.1) is 0 Å². The van der Waals surface area contributed by atoms with E-state index in [9.17, 15) is 9.90 Å². The van der Waals surface area contributed by atoms with E-state index in [0.717, 1.165) is 5.56 Å². The highest BCUT2D eigenvalue weighted by molar-refractivity contribution is 6.36. The second kappa shape index (κ2) is 5.92. The molecule has 0 fully saturated rings. The molecule has 0 saturated heterocycles. The number of phenols is 1. The van der Waals surface area contributed by atoms with Gasteiger partial charge >= 0.3 is 0 Å². The van der Waals surface area contributed by atoms with Gasteiger partial charge in [-0.25, -0.2) is 0 Å². The van der Waals surface area contributed by atoms with Gasteiger partial charge in [0.1, 0.15) is 0 Å². The summed E-state index contributed by atoms with van der Waals surface area (Å²) < 4.78 is 0. The molecular weight excluding hydrogens is 321 g/mol. The fourth-order valence-electron chi connectivity index (χ4n) is 1.64. The third-order valence-electron chi connectivity index (χ3n) is 2.70. The van der Waals surface area contributed by atoms with Crippen molar-refractivity contribution in [3.63, 3.8) is 0 Å². The van der Waals surface area contributed by atoms with E-state index in [0.29, 0.717) is 15.6 Å². The van der Waals surface area contributed by atoms with Crippen LogP contribution in [0.15, 0.2) is 30.3 Å². The minimum atomic E-state index is -0.390. The van der Waals surface area contributed by atoms with Crippen molar-refractivity contribution in [1.29, 1.82) is 0 Å². The number of hydrogen-bond acceptors (Lipinski definition) is 2. The lowest BCUT2D eigenvalue weighted by atomic mass is 10.1. The molecule has 2 aromatic rings. The normalized spacial score (nSPS) is 10.4. The van der Waals surface area contributed by atoms with E-state index in [-0.39, 0.29) is 16.5 Å². The van der Waals surface area contributed by atoms with Crippen molar-refractivity contribution in [3.8, 4) is 5.75 Å². The van der Waals surface area contributed by atoms with Crippen LogP contribution < -0.4 is 5.32 Å². The number of carbonyl (C=O) groups excluding carboxylic acids is 1. The van der Waals surface area contributed by atoms with E-state index in [1.807, 2.05) is 0 Å². The molecule has 0 heterocycles. The number of phenolic OH excluding ortho intramolecular Hbond substituents is 1. The molecule has 2 rings (SSSR count). The molecule has 0 spiro atoms. The lowest BCUT2D eigenvalue weighted by Gasteiger charge is -2.10. The van der Waals surface area contributed by atoms with Crippen molar-refractivity contribution in [2.75, 3.05) is 5.32 Å². The van der Waals surface area contributed by atoms with Gasteiger partial charge in [-0.3, -0.25) is 4.79 Å². The Morgan fingerprint density at radius 1 is 1.10 bits per heavy atom. The molecule has 0 unspecified atom stereocenters. The predicted octanol–water partition coefficient (Wildman–Crippen LogP) is 4.91. The second-order valence-electron chi connectivity index (χ2n) is 4.20. The average Bonchev–Trinajstić information content (AvgIpc) is 2.38. The quantitative estimate of drug-likeness (QED) is 0.768. The summed E-state index contributed by atoms with van der Waals surface area (Å²) in [6, 6.07) is 7.69. The second-order valence-corrected chi connectivity index (χ2v) is 5.45. The molecule has 0 saturated carbocycles. The number of amides is 1. The van der Waals surface area contributed by atoms with Crippen molar-refractivity contribution in [2.45, 2.75) is 6.92 Å². The molecule has 6 heteroatoms. The maximum absolute atomic E-state index is 12.1. The number of anilines is 1. The summed E-state index contributed by atoms with van der Waals surface area (Å²) in [6.45, 7) is 1.80. The average molecular weight is 331 g/mol. The van der Waals surface area contributed by atoms with Crippen LogP contribution in [-0.4, -0.2) is 11.0 Å². The number of aryl methyl sites for hydroxylation is 1. The Labute approximate surface area is 131 Å². The van der Waals surface area contributed by atoms with Crippen LogP contribution in [0.3, 0.4) is 0 Å². The van der Waals surface area contributed by atoms with E-state index in [4.69, 9.17) is 34.8 Å². The first-order valence-electron chi connectivity index (χ1n) is 5.64. The first-order chi connectivity index (χ1) is 9.38. The van der Waals surface area contributed by atoms with Gasteiger partial charge < -0.3 is 10.4 Å². The van der Waals surface area contributed by atoms with Crippen LogP contribution in [0.2, 0.25) is 15.1 Å². The number of carbonyl (C=O) groups is 1. The van der Waals surface area contributed by atoms with Crippen molar-refractivity contribution < 1.29 is 9.90 Å². The van der Waals surface area contributed by atoms with Crippen LogP contribution in [0.4, 0.5) is 5.69 Å². The highest BCUT2D eigenvalue weighted by Crippen LogP contribution is 2.35. The number of nitrogens with one attached hydrogen (secondary N) is 1. The van der Waals surface area contributed by atoms with Crippen LogP contribution in [0.5, 0.6) is 5.75 Å². The SMILES string of the molecule is Cc1cc(C(=O)Nc2cc(Cl)cc(Cl)c2O)ccc1Cl. The molecule has 0 aliphatic carbocycles. The summed E-state index contributed by atoms with van der Waals surface area (Å²) in [7, 11) is 0. The highest BCUT2D eigenvalue weighted by Gasteiger charge is 2.13. The van der Waals surface area contributed by atoms with Gasteiger partial charge in [0.2, 0.25) is 0 Å². The summed E-state index contributed by atoms with van der Waals surface area (Å²) >= 11 is 17.5. The zero-order valence-corrected chi connectivity index (χ0v) is 12.6.